The van der Waals surface area contributed by atoms with Crippen molar-refractivity contribution >= 4 is 0 Å². The molecule has 564 valence electrons. The minimum absolute atomic E-state index is 1.11. The van der Waals surface area contributed by atoms with Gasteiger partial charge < -0.3 is 0 Å². The molecule has 39 aliphatic rings. The first kappa shape index (κ1) is 67.9. The molecule has 0 saturated heterocycles. The SMILES string of the molecule is C1C2CC3C1C3C2.C1C2CC3CC1CC(C2)C3.C1C2CC3CC1CC3C2.C1CC2C3C(C1)C23.C1CC2C3C1C23.C1CC2C3CCC(C3)C2C1.C1CC2CC1C1C3CCC(C3)C21.C1CC2CC1C1CC21.C1CC2CC1C1CCC21.C1CC2CCCC(C1)CCC2.C1CCC2CCCC(C1)CCC2. The highest BCUT2D eigenvalue weighted by Crippen LogP contribution is 2.82. The van der Waals surface area contributed by atoms with Gasteiger partial charge in [-0.05, 0) is 493 Å². The maximum Gasteiger partial charge on any atom is -0.0318 e. The Balaban J connectivity index is 0.0000000708. The monoisotopic (exact) mass is 1370 g/mol. The van der Waals surface area contributed by atoms with Crippen LogP contribution in [0.3, 0.4) is 0 Å². The van der Waals surface area contributed by atoms with Crippen molar-refractivity contribution < 1.29 is 0 Å². The number of hydrogen-bond acceptors (Lipinski definition) is 0. The smallest absolute Gasteiger partial charge is 0.0318 e. The topological polar surface area (TPSA) is 0 Å². The van der Waals surface area contributed by atoms with Crippen LogP contribution in [0.1, 0.15) is 379 Å². The van der Waals surface area contributed by atoms with Crippen molar-refractivity contribution in [2.75, 3.05) is 0 Å². The summed E-state index contributed by atoms with van der Waals surface area (Å²) in [5.74, 6) is 51.0. The van der Waals surface area contributed by atoms with E-state index in [1.807, 2.05) is 0 Å². The fraction of sp³-hybridized carbons (Fsp3) is 1.00. The molecular weight excluding hydrogens is 1210 g/mol. The van der Waals surface area contributed by atoms with Gasteiger partial charge in [-0.25, -0.2) is 0 Å². The maximum absolute atomic E-state index is 1.64. The highest BCUT2D eigenvalue weighted by atomic mass is 14.8. The van der Waals surface area contributed by atoms with Gasteiger partial charge in [0.25, 0.3) is 0 Å². The molecule has 16 atom stereocenters. The Morgan fingerprint density at radius 3 is 0.545 bits per heavy atom. The van der Waals surface area contributed by atoms with Crippen molar-refractivity contribution in [1.82, 2.24) is 0 Å². The zero-order valence-electron chi connectivity index (χ0n) is 66.0. The molecule has 39 fully saturated rings. The molecule has 0 radical (unpaired) electrons. The lowest BCUT2D eigenvalue weighted by Gasteiger charge is -2.49. The van der Waals surface area contributed by atoms with Gasteiger partial charge in [-0.1, -0.05) is 135 Å². The molecule has 39 rings (SSSR count). The highest BCUT2D eigenvalue weighted by molar-refractivity contribution is 5.24. The van der Waals surface area contributed by atoms with E-state index in [4.69, 9.17) is 0 Å². The van der Waals surface area contributed by atoms with E-state index >= 15 is 0 Å². The van der Waals surface area contributed by atoms with Gasteiger partial charge >= 0.3 is 0 Å². The van der Waals surface area contributed by atoms with Crippen LogP contribution < -0.4 is 0 Å². The Morgan fingerprint density at radius 1 is 0.0891 bits per heavy atom. The van der Waals surface area contributed by atoms with Crippen LogP contribution in [0.5, 0.6) is 0 Å². The fourth-order valence-corrected chi connectivity index (χ4v) is 38.3. The van der Waals surface area contributed by atoms with E-state index in [0.29, 0.717) is 0 Å². The number of fused-ring (bicyclic) bond motifs is 40. The average Bonchev–Trinajstić information content (AvgIpc) is 1.49. The van der Waals surface area contributed by atoms with Gasteiger partial charge in [0.1, 0.15) is 0 Å². The van der Waals surface area contributed by atoms with Crippen molar-refractivity contribution in [3.63, 3.8) is 0 Å². The molecule has 0 aromatic heterocycles. The second-order valence-corrected chi connectivity index (χ2v) is 47.3. The summed E-state index contributed by atoms with van der Waals surface area (Å²) in [7, 11) is 0. The van der Waals surface area contributed by atoms with Crippen LogP contribution in [-0.2, 0) is 0 Å². The van der Waals surface area contributed by atoms with Gasteiger partial charge in [0.15, 0.2) is 0 Å². The quantitative estimate of drug-likeness (QED) is 0.212. The first-order chi connectivity index (χ1) is 49.9. The van der Waals surface area contributed by atoms with E-state index in [-0.39, 0.29) is 0 Å². The van der Waals surface area contributed by atoms with Crippen molar-refractivity contribution in [2.45, 2.75) is 379 Å². The largest absolute Gasteiger partial charge is 0.0530 e. The second-order valence-electron chi connectivity index (χ2n) is 47.3. The van der Waals surface area contributed by atoms with Gasteiger partial charge in [-0.3, -0.25) is 0 Å². The molecule has 0 spiro atoms. The Bertz CT molecular complexity index is 2430. The lowest BCUT2D eigenvalue weighted by Crippen LogP contribution is -2.38. The summed E-state index contributed by atoms with van der Waals surface area (Å²) in [5, 5.41) is 0. The van der Waals surface area contributed by atoms with Crippen LogP contribution in [0.15, 0.2) is 0 Å². The van der Waals surface area contributed by atoms with Gasteiger partial charge in [-0.2, -0.15) is 0 Å². The standard InChI is InChI=1S/C12H18.C12H22.C11H20.2C10H16.2C9H14.C8H12.2C7H10.C6H8/c1-2-8-5-7(1)11-9-3-4-10(6-9)12(8)11;1-2-6-12-9-3-7-11(5-1)8-4-10-12;1-4-10-6-2-7-11(5-1)9-3-8-10;1-7-2-9-4-8(1)5-10(3-7)6-9;1-2-9-7-4-5-8(6-7)10(9)3-1;1-6-2-8-4-7(1)5-9(8)3-6;1-2-7-5-6(1)8-3-4-9(7)8;1-2-6-3-5(1)7-4-8(6)7;1-4-2-6-5(1)7(6)3-4;1-2-4-6-5(3-1)7(4)6;1-2-4-5-3(1)6(4)5/h7-12H,1-6H2;11-12H,1-10H2;10-11H,1-9H2;2*7-10H,1-6H2;2*6-9H,1-5H2;5-8H,1-4H2;2*4-7H,1-3H2;3-6H,1-2H2. The molecule has 0 N–H and O–H groups in total. The predicted octanol–water partition coefficient (Wildman–Crippen LogP) is 28.2. The fourth-order valence-electron chi connectivity index (χ4n) is 38.3. The van der Waals surface area contributed by atoms with E-state index in [1.54, 1.807) is 334 Å². The number of rotatable bonds is 0. The number of hydrogen-bond donors (Lipinski definition) is 0. The molecule has 16 unspecified atom stereocenters. The Morgan fingerprint density at radius 2 is 0.307 bits per heavy atom. The summed E-state index contributed by atoms with van der Waals surface area (Å²) in [6.45, 7) is 0. The second kappa shape index (κ2) is 28.6. The maximum atomic E-state index is 1.64. The first-order valence-corrected chi connectivity index (χ1v) is 49.9. The van der Waals surface area contributed by atoms with Gasteiger partial charge in [0.2, 0.25) is 0 Å². The van der Waals surface area contributed by atoms with Crippen LogP contribution in [0.25, 0.3) is 0 Å². The molecule has 0 aromatic rings. The minimum Gasteiger partial charge on any atom is -0.0530 e. The molecule has 30 bridgehead atoms. The average molecular weight is 1370 g/mol. The lowest BCUT2D eigenvalue weighted by atomic mass is 9.56. The summed E-state index contributed by atoms with van der Waals surface area (Å²) < 4.78 is 0. The van der Waals surface area contributed by atoms with E-state index in [1.165, 1.54) is 270 Å². The van der Waals surface area contributed by atoms with E-state index in [9.17, 15) is 0 Å². The third-order valence-corrected chi connectivity index (χ3v) is 42.7. The normalized spacial score (nSPS) is 58.9. The highest BCUT2D eigenvalue weighted by Gasteiger charge is 2.76. The van der Waals surface area contributed by atoms with Crippen LogP contribution in [-0.4, -0.2) is 0 Å². The van der Waals surface area contributed by atoms with Crippen molar-refractivity contribution in [2.24, 2.45) is 249 Å². The van der Waals surface area contributed by atoms with Crippen LogP contribution in [0.2, 0.25) is 0 Å². The van der Waals surface area contributed by atoms with Gasteiger partial charge in [0, 0.05) is 0 Å². The van der Waals surface area contributed by atoms with Gasteiger partial charge in [0.05, 0.1) is 0 Å². The third kappa shape index (κ3) is 13.8. The molecule has 0 nitrogen and oxygen atoms in total. The zero-order valence-corrected chi connectivity index (χ0v) is 66.0. The molecule has 39 aliphatic carbocycles. The third-order valence-electron chi connectivity index (χ3n) is 42.7. The minimum atomic E-state index is 1.11. The molecular formula is C101H160. The van der Waals surface area contributed by atoms with Crippen LogP contribution in [0, 0.1) is 249 Å². The predicted molar refractivity (Wildman–Crippen MR) is 419 cm³/mol. The van der Waals surface area contributed by atoms with E-state index in [2.05, 4.69) is 0 Å². The Kier molecular flexibility index (Phi) is 19.2. The molecule has 0 amide bonds. The molecule has 0 heteroatoms. The lowest BCUT2D eigenvalue weighted by molar-refractivity contribution is 0.0198. The molecule has 0 heterocycles. The summed E-state index contributed by atoms with van der Waals surface area (Å²) >= 11 is 0. The molecule has 0 aliphatic heterocycles. The molecule has 39 saturated carbocycles. The summed E-state index contributed by atoms with van der Waals surface area (Å²) in [6, 6.07) is 0. The first-order valence-electron chi connectivity index (χ1n) is 49.9. The van der Waals surface area contributed by atoms with Gasteiger partial charge in [-0.15, -0.1) is 0 Å². The summed E-state index contributed by atoms with van der Waals surface area (Å²) in [6.07, 6.45) is 93.5. The Hall–Kier alpha value is 0. The molecule has 101 heavy (non-hydrogen) atoms. The Labute approximate surface area is 623 Å². The summed E-state index contributed by atoms with van der Waals surface area (Å²) in [4.78, 5) is 0. The molecule has 0 aromatic carbocycles. The van der Waals surface area contributed by atoms with Crippen molar-refractivity contribution in [3.8, 4) is 0 Å². The summed E-state index contributed by atoms with van der Waals surface area (Å²) in [5.41, 5.74) is 0. The van der Waals surface area contributed by atoms with Crippen LogP contribution in [0.4, 0.5) is 0 Å². The van der Waals surface area contributed by atoms with Crippen LogP contribution >= 0.6 is 0 Å². The van der Waals surface area contributed by atoms with Crippen molar-refractivity contribution in [3.05, 3.63) is 0 Å². The van der Waals surface area contributed by atoms with Crippen molar-refractivity contribution in [1.29, 1.82) is 0 Å². The zero-order chi connectivity index (χ0) is 66.0. The van der Waals surface area contributed by atoms with E-state index < -0.39 is 0 Å². The van der Waals surface area contributed by atoms with E-state index in [0.717, 1.165) is 23.7 Å².